The van der Waals surface area contributed by atoms with E-state index >= 15 is 0 Å². The molecule has 0 fully saturated rings. The van der Waals surface area contributed by atoms with Crippen LogP contribution >= 0.6 is 15.9 Å². The second-order valence-electron chi connectivity index (χ2n) is 5.50. The van der Waals surface area contributed by atoms with Gasteiger partial charge in [0.15, 0.2) is 0 Å². The summed E-state index contributed by atoms with van der Waals surface area (Å²) in [5.41, 5.74) is 1.54. The Hall–Kier alpha value is -0.340. The first-order chi connectivity index (χ1) is 6.62. The van der Waals surface area contributed by atoms with Gasteiger partial charge >= 0.3 is 0 Å². The number of hydrogen-bond acceptors (Lipinski definition) is 1. The van der Waals surface area contributed by atoms with Gasteiger partial charge in [-0.1, -0.05) is 48.8 Å². The topological polar surface area (TPSA) is 20.2 Å². The number of aliphatic hydroxyl groups is 1. The van der Waals surface area contributed by atoms with E-state index < -0.39 is 5.60 Å². The van der Waals surface area contributed by atoms with Crippen LogP contribution in [0.15, 0.2) is 22.7 Å². The molecule has 0 aliphatic carbocycles. The van der Waals surface area contributed by atoms with E-state index in [0.29, 0.717) is 0 Å². The van der Waals surface area contributed by atoms with Crippen LogP contribution in [0, 0.1) is 0 Å². The molecular formula is C13H19BrO. The zero-order chi connectivity index (χ0) is 11.9. The van der Waals surface area contributed by atoms with E-state index in [1.807, 2.05) is 6.07 Å². The smallest absolute Gasteiger partial charge is 0.0851 e. The lowest BCUT2D eigenvalue weighted by molar-refractivity contribution is 0.0778. The summed E-state index contributed by atoms with van der Waals surface area (Å²) in [4.78, 5) is 0. The van der Waals surface area contributed by atoms with Gasteiger partial charge in [0.2, 0.25) is 0 Å². The summed E-state index contributed by atoms with van der Waals surface area (Å²) in [6.45, 7) is 10.1. The molecule has 0 aliphatic rings. The van der Waals surface area contributed by atoms with Gasteiger partial charge in [-0.25, -0.2) is 0 Å². The lowest BCUT2D eigenvalue weighted by Crippen LogP contribution is -2.18. The normalized spacial score (nSPS) is 13.0. The van der Waals surface area contributed by atoms with E-state index in [1.54, 1.807) is 13.8 Å². The summed E-state index contributed by atoms with van der Waals surface area (Å²) in [5, 5.41) is 9.93. The van der Waals surface area contributed by atoms with Gasteiger partial charge in [-0.15, -0.1) is 0 Å². The lowest BCUT2D eigenvalue weighted by atomic mass is 9.85. The Labute approximate surface area is 101 Å². The summed E-state index contributed by atoms with van der Waals surface area (Å²) in [7, 11) is 0. The molecule has 0 aromatic heterocycles. The average Bonchev–Trinajstić information content (AvgIpc) is 1.99. The van der Waals surface area contributed by atoms with Crippen LogP contribution in [-0.4, -0.2) is 5.11 Å². The summed E-state index contributed by atoms with van der Waals surface area (Å²) in [6, 6.07) is 6.16. The Kier molecular flexibility index (Phi) is 3.32. The summed E-state index contributed by atoms with van der Waals surface area (Å²) >= 11 is 3.52. The number of rotatable bonds is 1. The minimum atomic E-state index is -0.796. The van der Waals surface area contributed by atoms with Crippen molar-refractivity contribution in [1.82, 2.24) is 0 Å². The van der Waals surface area contributed by atoms with Gasteiger partial charge in [-0.05, 0) is 36.5 Å². The first-order valence-corrected chi connectivity index (χ1v) is 5.94. The van der Waals surface area contributed by atoms with E-state index in [-0.39, 0.29) is 5.41 Å². The molecule has 1 nitrogen and oxygen atoms in total. The van der Waals surface area contributed by atoms with Crippen molar-refractivity contribution >= 4 is 15.9 Å². The fourth-order valence-electron chi connectivity index (χ4n) is 1.48. The second kappa shape index (κ2) is 3.91. The predicted octanol–water partition coefficient (Wildman–Crippen LogP) is 3.97. The van der Waals surface area contributed by atoms with E-state index in [2.05, 4.69) is 48.8 Å². The third-order valence-electron chi connectivity index (χ3n) is 2.49. The molecule has 0 amide bonds. The van der Waals surface area contributed by atoms with E-state index in [0.717, 1.165) is 10.0 Å². The standard InChI is InChI=1S/C13H19BrO/c1-12(2,3)9-6-7-10(11(14)8-9)13(4,5)15/h6-8,15H,1-5H3. The number of halogens is 1. The Balaban J connectivity index is 3.21. The molecule has 0 heterocycles. The van der Waals surface area contributed by atoms with Crippen LogP contribution < -0.4 is 0 Å². The Morgan fingerprint density at radius 2 is 1.60 bits per heavy atom. The maximum Gasteiger partial charge on any atom is 0.0851 e. The minimum absolute atomic E-state index is 0.140. The Morgan fingerprint density at radius 1 is 1.07 bits per heavy atom. The van der Waals surface area contributed by atoms with Crippen molar-refractivity contribution in [3.63, 3.8) is 0 Å². The molecule has 15 heavy (non-hydrogen) atoms. The zero-order valence-electron chi connectivity index (χ0n) is 10.1. The molecule has 0 bridgehead atoms. The molecule has 0 aliphatic heterocycles. The molecule has 0 saturated heterocycles. The van der Waals surface area contributed by atoms with Crippen LogP contribution in [0.2, 0.25) is 0 Å². The Bertz CT molecular complexity index is 356. The molecule has 2 heteroatoms. The number of benzene rings is 1. The van der Waals surface area contributed by atoms with Gasteiger partial charge in [-0.2, -0.15) is 0 Å². The molecule has 0 unspecified atom stereocenters. The predicted molar refractivity (Wildman–Crippen MR) is 68.1 cm³/mol. The molecule has 1 aromatic carbocycles. The Morgan fingerprint density at radius 3 is 1.93 bits per heavy atom. The largest absolute Gasteiger partial charge is 0.386 e. The molecule has 0 radical (unpaired) electrons. The second-order valence-corrected chi connectivity index (χ2v) is 6.36. The van der Waals surface area contributed by atoms with Crippen molar-refractivity contribution in [2.45, 2.75) is 45.6 Å². The quantitative estimate of drug-likeness (QED) is 0.819. The van der Waals surface area contributed by atoms with Crippen LogP contribution in [0.25, 0.3) is 0 Å². The van der Waals surface area contributed by atoms with Gasteiger partial charge in [0.1, 0.15) is 0 Å². The third kappa shape index (κ3) is 3.05. The molecule has 0 atom stereocenters. The minimum Gasteiger partial charge on any atom is -0.386 e. The van der Waals surface area contributed by atoms with Crippen LogP contribution in [0.4, 0.5) is 0 Å². The maximum atomic E-state index is 9.93. The molecule has 1 aromatic rings. The van der Waals surface area contributed by atoms with Crippen molar-refractivity contribution < 1.29 is 5.11 Å². The fraction of sp³-hybridized carbons (Fsp3) is 0.538. The van der Waals surface area contributed by atoms with Gasteiger partial charge in [-0.3, -0.25) is 0 Å². The maximum absolute atomic E-state index is 9.93. The molecule has 1 N–H and O–H groups in total. The zero-order valence-corrected chi connectivity index (χ0v) is 11.6. The highest BCUT2D eigenvalue weighted by Gasteiger charge is 2.21. The van der Waals surface area contributed by atoms with Crippen molar-refractivity contribution in [2.75, 3.05) is 0 Å². The van der Waals surface area contributed by atoms with E-state index in [4.69, 9.17) is 0 Å². The van der Waals surface area contributed by atoms with Crippen molar-refractivity contribution in [3.05, 3.63) is 33.8 Å². The van der Waals surface area contributed by atoms with Gasteiger partial charge in [0, 0.05) is 4.47 Å². The first kappa shape index (κ1) is 12.7. The van der Waals surface area contributed by atoms with Gasteiger partial charge < -0.3 is 5.11 Å². The lowest BCUT2D eigenvalue weighted by Gasteiger charge is -2.24. The third-order valence-corrected chi connectivity index (χ3v) is 3.15. The van der Waals surface area contributed by atoms with Gasteiger partial charge in [0.05, 0.1) is 5.60 Å². The summed E-state index contributed by atoms with van der Waals surface area (Å²) < 4.78 is 0.974. The molecule has 0 spiro atoms. The van der Waals surface area contributed by atoms with Crippen LogP contribution in [0.1, 0.15) is 45.7 Å². The van der Waals surface area contributed by atoms with Crippen molar-refractivity contribution in [1.29, 1.82) is 0 Å². The van der Waals surface area contributed by atoms with Crippen molar-refractivity contribution in [2.24, 2.45) is 0 Å². The first-order valence-electron chi connectivity index (χ1n) is 5.15. The van der Waals surface area contributed by atoms with Crippen molar-refractivity contribution in [3.8, 4) is 0 Å². The van der Waals surface area contributed by atoms with Crippen LogP contribution in [-0.2, 0) is 11.0 Å². The highest BCUT2D eigenvalue weighted by molar-refractivity contribution is 9.10. The monoisotopic (exact) mass is 270 g/mol. The molecular weight excluding hydrogens is 252 g/mol. The molecule has 1 rings (SSSR count). The number of hydrogen-bond donors (Lipinski definition) is 1. The molecule has 0 saturated carbocycles. The summed E-state index contributed by atoms with van der Waals surface area (Å²) in [6.07, 6.45) is 0. The molecule has 84 valence electrons. The van der Waals surface area contributed by atoms with Crippen LogP contribution in [0.3, 0.4) is 0 Å². The van der Waals surface area contributed by atoms with E-state index in [1.165, 1.54) is 5.56 Å². The van der Waals surface area contributed by atoms with Crippen LogP contribution in [0.5, 0.6) is 0 Å². The highest BCUT2D eigenvalue weighted by atomic mass is 79.9. The van der Waals surface area contributed by atoms with E-state index in [9.17, 15) is 5.11 Å². The average molecular weight is 271 g/mol. The van der Waals surface area contributed by atoms with Gasteiger partial charge in [0.25, 0.3) is 0 Å². The highest BCUT2D eigenvalue weighted by Crippen LogP contribution is 2.32. The summed E-state index contributed by atoms with van der Waals surface area (Å²) in [5.74, 6) is 0. The fourth-order valence-corrected chi connectivity index (χ4v) is 2.34. The SMILES string of the molecule is CC(C)(C)c1ccc(C(C)(C)O)c(Br)c1.